The standard InChI is InChI=1S/C9H7NO2S2/c1-14-9(13)6(5-10)8(11)7-3-2-4-12-7/h2-4,6H,1H3. The van der Waals surface area contributed by atoms with Gasteiger partial charge in [0, 0.05) is 0 Å². The fraction of sp³-hybridized carbons (Fsp3) is 0.222. The minimum Gasteiger partial charge on any atom is -0.461 e. The molecule has 5 heteroatoms. The van der Waals surface area contributed by atoms with Gasteiger partial charge in [0.15, 0.2) is 11.7 Å². The molecule has 1 unspecified atom stereocenters. The van der Waals surface area contributed by atoms with E-state index in [0.29, 0.717) is 4.20 Å². The Kier molecular flexibility index (Phi) is 3.86. The van der Waals surface area contributed by atoms with Gasteiger partial charge in [0.2, 0.25) is 5.78 Å². The van der Waals surface area contributed by atoms with Gasteiger partial charge in [-0.05, 0) is 18.4 Å². The molecule has 0 N–H and O–H groups in total. The lowest BCUT2D eigenvalue weighted by molar-refractivity contribution is 0.0950. The van der Waals surface area contributed by atoms with Crippen LogP contribution in [-0.2, 0) is 0 Å². The number of carbonyl (C=O) groups is 1. The van der Waals surface area contributed by atoms with E-state index in [0.717, 1.165) is 0 Å². The Labute approximate surface area is 91.1 Å². The van der Waals surface area contributed by atoms with Crippen molar-refractivity contribution in [2.75, 3.05) is 6.26 Å². The third-order valence-electron chi connectivity index (χ3n) is 1.59. The molecule has 0 aliphatic carbocycles. The Bertz CT molecular complexity index is 378. The van der Waals surface area contributed by atoms with E-state index in [2.05, 4.69) is 0 Å². The van der Waals surface area contributed by atoms with Gasteiger partial charge in [-0.1, -0.05) is 12.2 Å². The van der Waals surface area contributed by atoms with Crippen molar-refractivity contribution in [1.29, 1.82) is 5.26 Å². The van der Waals surface area contributed by atoms with Crippen molar-refractivity contribution in [3.05, 3.63) is 24.2 Å². The van der Waals surface area contributed by atoms with Gasteiger partial charge in [-0.25, -0.2) is 0 Å². The van der Waals surface area contributed by atoms with E-state index in [1.807, 2.05) is 6.07 Å². The van der Waals surface area contributed by atoms with Crippen molar-refractivity contribution in [2.45, 2.75) is 0 Å². The summed E-state index contributed by atoms with van der Waals surface area (Å²) >= 11 is 6.13. The van der Waals surface area contributed by atoms with Crippen LogP contribution < -0.4 is 0 Å². The molecule has 1 heterocycles. The van der Waals surface area contributed by atoms with Crippen molar-refractivity contribution in [3.63, 3.8) is 0 Å². The highest BCUT2D eigenvalue weighted by Gasteiger charge is 2.25. The average Bonchev–Trinajstić information content (AvgIpc) is 2.71. The number of carbonyl (C=O) groups excluding carboxylic acids is 1. The molecule has 1 rings (SSSR count). The maximum Gasteiger partial charge on any atom is 0.220 e. The third-order valence-corrected chi connectivity index (χ3v) is 2.97. The number of nitrogens with zero attached hydrogens (tertiary/aromatic N) is 1. The predicted molar refractivity (Wildman–Crippen MR) is 58.3 cm³/mol. The van der Waals surface area contributed by atoms with Gasteiger partial charge >= 0.3 is 0 Å². The molecule has 1 aromatic rings. The summed E-state index contributed by atoms with van der Waals surface area (Å²) in [5.74, 6) is -1.10. The van der Waals surface area contributed by atoms with E-state index in [1.54, 1.807) is 12.3 Å². The van der Waals surface area contributed by atoms with E-state index in [9.17, 15) is 4.79 Å². The number of Topliss-reactive ketones (excluding diaryl/α,β-unsaturated/α-hetero) is 1. The second-order valence-electron chi connectivity index (χ2n) is 2.43. The average molecular weight is 225 g/mol. The Morgan fingerprint density at radius 1 is 1.79 bits per heavy atom. The zero-order valence-electron chi connectivity index (χ0n) is 7.39. The molecule has 0 aliphatic heterocycles. The number of furan rings is 1. The lowest BCUT2D eigenvalue weighted by Crippen LogP contribution is -2.18. The van der Waals surface area contributed by atoms with E-state index < -0.39 is 5.92 Å². The first-order valence-corrected chi connectivity index (χ1v) is 5.39. The molecule has 3 nitrogen and oxygen atoms in total. The van der Waals surface area contributed by atoms with Crippen LogP contribution in [0.1, 0.15) is 10.6 Å². The van der Waals surface area contributed by atoms with Crippen molar-refractivity contribution in [1.82, 2.24) is 0 Å². The number of thiocarbonyl (C=S) groups is 1. The van der Waals surface area contributed by atoms with Crippen molar-refractivity contribution < 1.29 is 9.21 Å². The lowest BCUT2D eigenvalue weighted by atomic mass is 10.1. The number of rotatable bonds is 3. The molecule has 0 saturated carbocycles. The molecular weight excluding hydrogens is 218 g/mol. The lowest BCUT2D eigenvalue weighted by Gasteiger charge is -2.04. The van der Waals surface area contributed by atoms with Crippen LogP contribution in [0.3, 0.4) is 0 Å². The molecule has 0 aromatic carbocycles. The highest BCUT2D eigenvalue weighted by atomic mass is 32.2. The fourth-order valence-electron chi connectivity index (χ4n) is 0.897. The maximum absolute atomic E-state index is 11.6. The highest BCUT2D eigenvalue weighted by Crippen LogP contribution is 2.16. The number of nitriles is 1. The molecule has 0 aliphatic rings. The van der Waals surface area contributed by atoms with E-state index >= 15 is 0 Å². The Balaban J connectivity index is 2.88. The largest absolute Gasteiger partial charge is 0.461 e. The van der Waals surface area contributed by atoms with Gasteiger partial charge in [-0.2, -0.15) is 5.26 Å². The Morgan fingerprint density at radius 3 is 2.93 bits per heavy atom. The molecule has 0 spiro atoms. The van der Waals surface area contributed by atoms with Gasteiger partial charge in [0.05, 0.1) is 16.5 Å². The summed E-state index contributed by atoms with van der Waals surface area (Å²) < 4.78 is 5.27. The summed E-state index contributed by atoms with van der Waals surface area (Å²) in [5.41, 5.74) is 0. The summed E-state index contributed by atoms with van der Waals surface area (Å²) in [5, 5.41) is 8.78. The monoisotopic (exact) mass is 225 g/mol. The van der Waals surface area contributed by atoms with Crippen molar-refractivity contribution in [2.24, 2.45) is 5.92 Å². The minimum absolute atomic E-state index is 0.174. The van der Waals surface area contributed by atoms with Gasteiger partial charge in [0.1, 0.15) is 0 Å². The zero-order valence-corrected chi connectivity index (χ0v) is 9.02. The molecule has 0 fully saturated rings. The topological polar surface area (TPSA) is 54.0 Å². The molecule has 1 atom stereocenters. The maximum atomic E-state index is 11.6. The first-order valence-electron chi connectivity index (χ1n) is 3.76. The number of ketones is 1. The normalized spacial score (nSPS) is 11.7. The summed E-state index contributed by atoms with van der Waals surface area (Å²) in [6, 6.07) is 4.99. The van der Waals surface area contributed by atoms with E-state index in [-0.39, 0.29) is 11.5 Å². The van der Waals surface area contributed by atoms with Crippen molar-refractivity contribution in [3.8, 4) is 6.07 Å². The second-order valence-corrected chi connectivity index (χ2v) is 3.97. The van der Waals surface area contributed by atoms with E-state index in [1.165, 1.54) is 24.1 Å². The van der Waals surface area contributed by atoms with Gasteiger partial charge < -0.3 is 4.42 Å². The first-order chi connectivity index (χ1) is 6.70. The first kappa shape index (κ1) is 11.0. The molecule has 0 saturated heterocycles. The van der Waals surface area contributed by atoms with Crippen LogP contribution in [0.15, 0.2) is 22.8 Å². The molecule has 72 valence electrons. The minimum atomic E-state index is -0.897. The van der Waals surface area contributed by atoms with Gasteiger partial charge in [-0.15, -0.1) is 11.8 Å². The molecule has 0 bridgehead atoms. The second kappa shape index (κ2) is 4.94. The number of thioether (sulfide) groups is 1. The molecule has 14 heavy (non-hydrogen) atoms. The molecule has 1 aromatic heterocycles. The highest BCUT2D eigenvalue weighted by molar-refractivity contribution is 8.22. The van der Waals surface area contributed by atoms with Crippen LogP contribution in [0, 0.1) is 17.2 Å². The van der Waals surface area contributed by atoms with E-state index in [4.69, 9.17) is 21.9 Å². The Morgan fingerprint density at radius 2 is 2.50 bits per heavy atom. The third kappa shape index (κ3) is 2.22. The zero-order chi connectivity index (χ0) is 10.6. The van der Waals surface area contributed by atoms with Crippen LogP contribution in [-0.4, -0.2) is 16.2 Å². The van der Waals surface area contributed by atoms with Crippen LogP contribution in [0.4, 0.5) is 0 Å². The SMILES string of the molecule is CSC(=S)C(C#N)C(=O)c1ccco1. The van der Waals surface area contributed by atoms with Crippen LogP contribution in [0.5, 0.6) is 0 Å². The smallest absolute Gasteiger partial charge is 0.220 e. The van der Waals surface area contributed by atoms with Crippen LogP contribution >= 0.6 is 24.0 Å². The molecule has 0 radical (unpaired) electrons. The number of hydrogen-bond acceptors (Lipinski definition) is 5. The van der Waals surface area contributed by atoms with Crippen LogP contribution in [0.25, 0.3) is 0 Å². The van der Waals surface area contributed by atoms with Crippen LogP contribution in [0.2, 0.25) is 0 Å². The summed E-state index contributed by atoms with van der Waals surface area (Å²) in [6.07, 6.45) is 3.13. The van der Waals surface area contributed by atoms with Gasteiger partial charge in [-0.3, -0.25) is 4.79 Å². The van der Waals surface area contributed by atoms with Crippen molar-refractivity contribution >= 4 is 34.0 Å². The summed E-state index contributed by atoms with van der Waals surface area (Å²) in [7, 11) is 0. The summed E-state index contributed by atoms with van der Waals surface area (Å²) in [6.45, 7) is 0. The number of hydrogen-bond donors (Lipinski definition) is 0. The molecule has 0 amide bonds. The predicted octanol–water partition coefficient (Wildman–Crippen LogP) is 2.29. The van der Waals surface area contributed by atoms with Gasteiger partial charge in [0.25, 0.3) is 0 Å². The Hall–Kier alpha value is -1.12. The molecular formula is C9H7NO2S2. The fourth-order valence-corrected chi connectivity index (χ4v) is 1.45. The summed E-state index contributed by atoms with van der Waals surface area (Å²) in [4.78, 5) is 11.6. The quantitative estimate of drug-likeness (QED) is 0.583.